The Balaban J connectivity index is 1.30. The van der Waals surface area contributed by atoms with Crippen LogP contribution in [0.15, 0.2) is 42.5 Å². The first-order valence-electron chi connectivity index (χ1n) is 11.5. The first kappa shape index (κ1) is 21.7. The van der Waals surface area contributed by atoms with Crippen LogP contribution in [-0.4, -0.2) is 44.9 Å². The monoisotopic (exact) mass is 425 g/mol. The molecule has 166 valence electrons. The van der Waals surface area contributed by atoms with Gasteiger partial charge in [0.15, 0.2) is 17.5 Å². The lowest BCUT2D eigenvalue weighted by Crippen LogP contribution is -3.29. The zero-order valence-corrected chi connectivity index (χ0v) is 18.9. The normalized spacial score (nSPS) is 22.0. The second kappa shape index (κ2) is 9.71. The molecule has 2 aromatic rings. The number of carbonyl (C=O) groups excluding carboxylic acids is 1. The van der Waals surface area contributed by atoms with Gasteiger partial charge >= 0.3 is 0 Å². The van der Waals surface area contributed by atoms with E-state index in [0.29, 0.717) is 12.7 Å². The summed E-state index contributed by atoms with van der Waals surface area (Å²) in [7, 11) is 0. The number of para-hydroxylation sites is 1. The SMILES string of the molecule is CC[C@H](C)c1ccccc1NC(=O)[C@H](C)[NH+]1CC[NH+](Cc2ccc3c(c2)OCO3)CC1. The standard InChI is InChI=1S/C25H33N3O3/c1-4-18(2)21-7-5-6-8-22(21)26-25(29)19(3)28-13-11-27(12-14-28)16-20-9-10-23-24(15-20)31-17-30-23/h5-10,15,18-19H,4,11-14,16-17H2,1-3H3,(H,26,29)/p+2/t18-,19-/m0/s1. The molecule has 0 aliphatic carbocycles. The predicted molar refractivity (Wildman–Crippen MR) is 121 cm³/mol. The van der Waals surface area contributed by atoms with E-state index in [-0.39, 0.29) is 11.9 Å². The maximum atomic E-state index is 13.0. The number of ether oxygens (including phenoxy) is 2. The summed E-state index contributed by atoms with van der Waals surface area (Å²) >= 11 is 0. The molecule has 2 aromatic carbocycles. The second-order valence-electron chi connectivity index (χ2n) is 8.88. The van der Waals surface area contributed by atoms with Gasteiger partial charge in [-0.1, -0.05) is 32.0 Å². The van der Waals surface area contributed by atoms with Crippen molar-refractivity contribution >= 4 is 11.6 Å². The Morgan fingerprint density at radius 2 is 1.77 bits per heavy atom. The van der Waals surface area contributed by atoms with Crippen molar-refractivity contribution in [3.63, 3.8) is 0 Å². The molecule has 1 amide bonds. The summed E-state index contributed by atoms with van der Waals surface area (Å²) in [5, 5.41) is 3.21. The van der Waals surface area contributed by atoms with Crippen LogP contribution in [0.25, 0.3) is 0 Å². The van der Waals surface area contributed by atoms with Gasteiger partial charge in [-0.05, 0) is 49.1 Å². The summed E-state index contributed by atoms with van der Waals surface area (Å²) in [5.41, 5.74) is 3.45. The zero-order chi connectivity index (χ0) is 21.8. The maximum absolute atomic E-state index is 13.0. The maximum Gasteiger partial charge on any atom is 0.282 e. The van der Waals surface area contributed by atoms with Gasteiger partial charge in [0, 0.05) is 11.3 Å². The minimum atomic E-state index is -0.0583. The average molecular weight is 426 g/mol. The number of amides is 1. The second-order valence-corrected chi connectivity index (χ2v) is 8.88. The molecular weight excluding hydrogens is 390 g/mol. The van der Waals surface area contributed by atoms with Gasteiger partial charge in [-0.15, -0.1) is 0 Å². The van der Waals surface area contributed by atoms with Crippen LogP contribution in [0.1, 0.15) is 44.2 Å². The molecule has 0 bridgehead atoms. The molecule has 1 fully saturated rings. The lowest BCUT2D eigenvalue weighted by Gasteiger charge is -2.32. The van der Waals surface area contributed by atoms with Crippen LogP contribution in [0.4, 0.5) is 5.69 Å². The molecule has 2 atom stereocenters. The molecule has 2 aliphatic rings. The lowest BCUT2D eigenvalue weighted by molar-refractivity contribution is -1.02. The molecule has 31 heavy (non-hydrogen) atoms. The Bertz CT molecular complexity index is 909. The molecule has 4 rings (SSSR count). The van der Waals surface area contributed by atoms with Crippen molar-refractivity contribution in [1.29, 1.82) is 0 Å². The van der Waals surface area contributed by atoms with Gasteiger partial charge in [-0.3, -0.25) is 4.79 Å². The number of hydrogen-bond acceptors (Lipinski definition) is 3. The molecule has 1 saturated heterocycles. The molecular formula is C25H35N3O3+2. The van der Waals surface area contributed by atoms with Crippen LogP contribution < -0.4 is 24.6 Å². The fourth-order valence-corrected chi connectivity index (χ4v) is 4.56. The van der Waals surface area contributed by atoms with Crippen LogP contribution in [0.2, 0.25) is 0 Å². The Morgan fingerprint density at radius 3 is 2.55 bits per heavy atom. The highest BCUT2D eigenvalue weighted by Gasteiger charge is 2.31. The summed E-state index contributed by atoms with van der Waals surface area (Å²) in [4.78, 5) is 15.9. The van der Waals surface area contributed by atoms with Crippen molar-refractivity contribution in [3.05, 3.63) is 53.6 Å². The summed E-state index contributed by atoms with van der Waals surface area (Å²) < 4.78 is 10.9. The van der Waals surface area contributed by atoms with Crippen LogP contribution in [0.3, 0.4) is 0 Å². The minimum Gasteiger partial charge on any atom is -0.454 e. The van der Waals surface area contributed by atoms with Crippen LogP contribution >= 0.6 is 0 Å². The van der Waals surface area contributed by atoms with Crippen molar-refractivity contribution < 1.29 is 24.1 Å². The third kappa shape index (κ3) is 5.02. The molecule has 3 N–H and O–H groups in total. The van der Waals surface area contributed by atoms with Gasteiger partial charge < -0.3 is 24.6 Å². The summed E-state index contributed by atoms with van der Waals surface area (Å²) in [6.45, 7) is 11.9. The Kier molecular flexibility index (Phi) is 6.78. The van der Waals surface area contributed by atoms with Crippen molar-refractivity contribution in [2.45, 2.75) is 45.7 Å². The Hall–Kier alpha value is -2.57. The number of nitrogens with one attached hydrogen (secondary N) is 3. The Labute approximate surface area is 185 Å². The molecule has 2 heterocycles. The molecule has 6 nitrogen and oxygen atoms in total. The smallest absolute Gasteiger partial charge is 0.282 e. The fourth-order valence-electron chi connectivity index (χ4n) is 4.56. The zero-order valence-electron chi connectivity index (χ0n) is 18.9. The van der Waals surface area contributed by atoms with Crippen LogP contribution in [-0.2, 0) is 11.3 Å². The van der Waals surface area contributed by atoms with E-state index in [2.05, 4.69) is 44.3 Å². The predicted octanol–water partition coefficient (Wildman–Crippen LogP) is 1.24. The quantitative estimate of drug-likeness (QED) is 0.626. The van der Waals surface area contributed by atoms with Crippen LogP contribution in [0, 0.1) is 0 Å². The summed E-state index contributed by atoms with van der Waals surface area (Å²) in [6.07, 6.45) is 1.06. The van der Waals surface area contributed by atoms with E-state index < -0.39 is 0 Å². The minimum absolute atomic E-state index is 0.0583. The van der Waals surface area contributed by atoms with E-state index in [9.17, 15) is 4.79 Å². The average Bonchev–Trinajstić information content (AvgIpc) is 3.27. The Morgan fingerprint density at radius 1 is 1.03 bits per heavy atom. The topological polar surface area (TPSA) is 56.4 Å². The summed E-state index contributed by atoms with van der Waals surface area (Å²) in [6, 6.07) is 14.4. The van der Waals surface area contributed by atoms with Gasteiger partial charge in [-0.2, -0.15) is 0 Å². The molecule has 0 unspecified atom stereocenters. The molecule has 2 aliphatic heterocycles. The van der Waals surface area contributed by atoms with E-state index in [0.717, 1.165) is 56.3 Å². The third-order valence-corrected chi connectivity index (χ3v) is 6.86. The molecule has 0 radical (unpaired) electrons. The number of benzene rings is 2. The highest BCUT2D eigenvalue weighted by Crippen LogP contribution is 2.32. The molecule has 0 saturated carbocycles. The van der Waals surface area contributed by atoms with Gasteiger partial charge in [0.25, 0.3) is 5.91 Å². The number of piperazine rings is 1. The number of carbonyl (C=O) groups is 1. The number of fused-ring (bicyclic) bond motifs is 1. The largest absolute Gasteiger partial charge is 0.454 e. The number of hydrogen-bond donors (Lipinski definition) is 3. The fraction of sp³-hybridized carbons (Fsp3) is 0.480. The number of rotatable bonds is 7. The van der Waals surface area contributed by atoms with Crippen molar-refractivity contribution in [2.75, 3.05) is 38.3 Å². The van der Waals surface area contributed by atoms with Crippen LogP contribution in [0.5, 0.6) is 11.5 Å². The first-order valence-corrected chi connectivity index (χ1v) is 11.5. The third-order valence-electron chi connectivity index (χ3n) is 6.86. The highest BCUT2D eigenvalue weighted by molar-refractivity contribution is 5.94. The van der Waals surface area contributed by atoms with E-state index in [1.54, 1.807) is 4.90 Å². The molecule has 0 spiro atoms. The van der Waals surface area contributed by atoms with Gasteiger partial charge in [0.05, 0.1) is 0 Å². The van der Waals surface area contributed by atoms with E-state index in [4.69, 9.17) is 9.47 Å². The van der Waals surface area contributed by atoms with E-state index >= 15 is 0 Å². The highest BCUT2D eigenvalue weighted by atomic mass is 16.7. The van der Waals surface area contributed by atoms with Crippen molar-refractivity contribution in [3.8, 4) is 11.5 Å². The number of quaternary nitrogens is 2. The molecule has 6 heteroatoms. The lowest BCUT2D eigenvalue weighted by atomic mass is 9.97. The summed E-state index contributed by atoms with van der Waals surface area (Å²) in [5.74, 6) is 2.24. The van der Waals surface area contributed by atoms with Gasteiger partial charge in [0.2, 0.25) is 6.79 Å². The van der Waals surface area contributed by atoms with Crippen molar-refractivity contribution in [1.82, 2.24) is 0 Å². The van der Waals surface area contributed by atoms with Gasteiger partial charge in [0.1, 0.15) is 32.7 Å². The first-order chi connectivity index (χ1) is 15.0. The van der Waals surface area contributed by atoms with Gasteiger partial charge in [-0.25, -0.2) is 0 Å². The van der Waals surface area contributed by atoms with E-state index in [1.807, 2.05) is 24.3 Å². The molecule has 0 aromatic heterocycles. The van der Waals surface area contributed by atoms with E-state index in [1.165, 1.54) is 16.0 Å². The number of anilines is 1. The van der Waals surface area contributed by atoms with Crippen molar-refractivity contribution in [2.24, 2.45) is 0 Å².